The first-order valence-corrected chi connectivity index (χ1v) is 10.1. The average molecular weight is 338 g/mol. The largest absolute Gasteiger partial charge is 0.416 e. The molecule has 0 radical (unpaired) electrons. The zero-order chi connectivity index (χ0) is 17.0. The molecular weight excluding hydrogens is 313 g/mol. The third-order valence-electron chi connectivity index (χ3n) is 4.02. The van der Waals surface area contributed by atoms with Crippen LogP contribution in [0.15, 0.2) is 12.7 Å². The van der Waals surface area contributed by atoms with Crippen LogP contribution in [0.5, 0.6) is 0 Å². The molecule has 0 amide bonds. The standard InChI is InChI=1S/C13H25F3N4OSi/c1-12(2,3)22(4,5)21-7-6-17-8-11(13(14,15)16)20-10-18-9-19-20/h9-11,17H,6-8H2,1-5H3. The first-order chi connectivity index (χ1) is 9.95. The number of halogens is 3. The molecule has 0 fully saturated rings. The highest BCUT2D eigenvalue weighted by atomic mass is 28.4. The van der Waals surface area contributed by atoms with Crippen molar-refractivity contribution in [2.75, 3.05) is 19.7 Å². The SMILES string of the molecule is CC(C)(C)[Si](C)(C)OCCNCC(n1cncn1)C(F)(F)F. The van der Waals surface area contributed by atoms with Crippen LogP contribution in [0.2, 0.25) is 18.1 Å². The van der Waals surface area contributed by atoms with Crippen LogP contribution >= 0.6 is 0 Å². The van der Waals surface area contributed by atoms with Gasteiger partial charge in [0.05, 0.1) is 0 Å². The lowest BCUT2D eigenvalue weighted by Gasteiger charge is -2.36. The minimum atomic E-state index is -4.37. The number of nitrogens with zero attached hydrogens (tertiary/aromatic N) is 3. The average Bonchev–Trinajstić information content (AvgIpc) is 2.83. The molecule has 22 heavy (non-hydrogen) atoms. The second kappa shape index (κ2) is 7.09. The minimum absolute atomic E-state index is 0.0856. The molecule has 1 rings (SSSR count). The number of nitrogens with one attached hydrogen (secondary N) is 1. The second-order valence-electron chi connectivity index (χ2n) is 6.75. The normalized spacial score (nSPS) is 15.1. The molecular formula is C13H25F3N4OSi. The van der Waals surface area contributed by atoms with Crippen LogP contribution in [0.1, 0.15) is 26.8 Å². The fourth-order valence-electron chi connectivity index (χ4n) is 1.57. The Hall–Kier alpha value is -0.933. The maximum absolute atomic E-state index is 13.0. The molecule has 0 saturated carbocycles. The van der Waals surface area contributed by atoms with E-state index in [2.05, 4.69) is 49.3 Å². The van der Waals surface area contributed by atoms with E-state index in [0.29, 0.717) is 13.2 Å². The fourth-order valence-corrected chi connectivity index (χ4v) is 2.62. The number of hydrogen-bond acceptors (Lipinski definition) is 4. The van der Waals surface area contributed by atoms with Gasteiger partial charge in [0, 0.05) is 19.7 Å². The smallest absolute Gasteiger partial charge is 0.412 e. The van der Waals surface area contributed by atoms with Crippen molar-refractivity contribution in [3.8, 4) is 0 Å². The molecule has 9 heteroatoms. The monoisotopic (exact) mass is 338 g/mol. The number of hydrogen-bond donors (Lipinski definition) is 1. The molecule has 1 unspecified atom stereocenters. The van der Waals surface area contributed by atoms with Crippen LogP contribution in [-0.4, -0.2) is 49.0 Å². The summed E-state index contributed by atoms with van der Waals surface area (Å²) in [5.74, 6) is 0. The lowest BCUT2D eigenvalue weighted by Crippen LogP contribution is -2.43. The number of aromatic nitrogens is 3. The van der Waals surface area contributed by atoms with Gasteiger partial charge in [-0.05, 0) is 18.1 Å². The summed E-state index contributed by atoms with van der Waals surface area (Å²) >= 11 is 0. The molecule has 0 aromatic carbocycles. The van der Waals surface area contributed by atoms with Gasteiger partial charge in [-0.1, -0.05) is 20.8 Å². The molecule has 0 saturated heterocycles. The van der Waals surface area contributed by atoms with E-state index in [1.807, 2.05) is 0 Å². The minimum Gasteiger partial charge on any atom is -0.416 e. The van der Waals surface area contributed by atoms with E-state index in [-0.39, 0.29) is 11.6 Å². The number of rotatable bonds is 7. The Morgan fingerprint density at radius 2 is 1.91 bits per heavy atom. The van der Waals surface area contributed by atoms with Crippen LogP contribution in [-0.2, 0) is 4.43 Å². The van der Waals surface area contributed by atoms with Crippen molar-refractivity contribution in [3.63, 3.8) is 0 Å². The Balaban J connectivity index is 2.43. The van der Waals surface area contributed by atoms with Crippen LogP contribution in [0.3, 0.4) is 0 Å². The van der Waals surface area contributed by atoms with Gasteiger partial charge in [0.25, 0.3) is 0 Å². The summed E-state index contributed by atoms with van der Waals surface area (Å²) in [6.07, 6.45) is -2.20. The van der Waals surface area contributed by atoms with E-state index in [1.54, 1.807) is 0 Å². The molecule has 0 bridgehead atoms. The highest BCUT2D eigenvalue weighted by Gasteiger charge is 2.41. The van der Waals surface area contributed by atoms with E-state index in [1.165, 1.54) is 0 Å². The van der Waals surface area contributed by atoms with Gasteiger partial charge in [0.2, 0.25) is 0 Å². The molecule has 1 aromatic heterocycles. The van der Waals surface area contributed by atoms with Crippen molar-refractivity contribution < 1.29 is 17.6 Å². The first-order valence-electron chi connectivity index (χ1n) is 7.20. The Kier molecular flexibility index (Phi) is 6.16. The third kappa shape index (κ3) is 5.36. The van der Waals surface area contributed by atoms with Crippen molar-refractivity contribution in [2.24, 2.45) is 0 Å². The zero-order valence-electron chi connectivity index (χ0n) is 13.7. The van der Waals surface area contributed by atoms with E-state index in [0.717, 1.165) is 17.3 Å². The molecule has 1 aromatic rings. The van der Waals surface area contributed by atoms with Gasteiger partial charge < -0.3 is 9.74 Å². The van der Waals surface area contributed by atoms with Gasteiger partial charge in [-0.25, -0.2) is 9.67 Å². The predicted molar refractivity (Wildman–Crippen MR) is 81.1 cm³/mol. The van der Waals surface area contributed by atoms with Crippen molar-refractivity contribution in [2.45, 2.75) is 51.1 Å². The lowest BCUT2D eigenvalue weighted by molar-refractivity contribution is -0.169. The van der Waals surface area contributed by atoms with E-state index >= 15 is 0 Å². The van der Waals surface area contributed by atoms with Crippen LogP contribution in [0.25, 0.3) is 0 Å². The van der Waals surface area contributed by atoms with Crippen LogP contribution in [0.4, 0.5) is 13.2 Å². The highest BCUT2D eigenvalue weighted by molar-refractivity contribution is 6.74. The summed E-state index contributed by atoms with van der Waals surface area (Å²) in [5.41, 5.74) is 0. The first kappa shape index (κ1) is 19.1. The Morgan fingerprint density at radius 3 is 2.36 bits per heavy atom. The van der Waals surface area contributed by atoms with Gasteiger partial charge in [-0.3, -0.25) is 0 Å². The van der Waals surface area contributed by atoms with Crippen molar-refractivity contribution in [3.05, 3.63) is 12.7 Å². The third-order valence-corrected chi connectivity index (χ3v) is 8.56. The molecule has 1 atom stereocenters. The van der Waals surface area contributed by atoms with E-state index in [9.17, 15) is 13.2 Å². The zero-order valence-corrected chi connectivity index (χ0v) is 14.7. The summed E-state index contributed by atoms with van der Waals surface area (Å²) in [6, 6.07) is -1.72. The molecule has 0 spiro atoms. The lowest BCUT2D eigenvalue weighted by atomic mass is 10.2. The van der Waals surface area contributed by atoms with Crippen molar-refractivity contribution >= 4 is 8.32 Å². The Bertz CT molecular complexity index is 443. The summed E-state index contributed by atoms with van der Waals surface area (Å²) in [7, 11) is -1.86. The Labute approximate surface area is 130 Å². The quantitative estimate of drug-likeness (QED) is 0.613. The molecule has 0 aliphatic carbocycles. The molecule has 128 valence electrons. The topological polar surface area (TPSA) is 52.0 Å². The molecule has 0 aliphatic heterocycles. The van der Waals surface area contributed by atoms with Gasteiger partial charge in [0.15, 0.2) is 14.4 Å². The van der Waals surface area contributed by atoms with Crippen LogP contribution < -0.4 is 5.32 Å². The maximum atomic E-state index is 13.0. The van der Waals surface area contributed by atoms with Gasteiger partial charge in [0.1, 0.15) is 12.7 Å². The van der Waals surface area contributed by atoms with Gasteiger partial charge in [-0.2, -0.15) is 18.3 Å². The van der Waals surface area contributed by atoms with Gasteiger partial charge >= 0.3 is 6.18 Å². The van der Waals surface area contributed by atoms with E-state index < -0.39 is 20.5 Å². The summed E-state index contributed by atoms with van der Waals surface area (Å²) in [5, 5.41) is 6.45. The fraction of sp³-hybridized carbons (Fsp3) is 0.846. The summed E-state index contributed by atoms with van der Waals surface area (Å²) in [6.45, 7) is 11.1. The van der Waals surface area contributed by atoms with Crippen LogP contribution in [0, 0.1) is 0 Å². The second-order valence-corrected chi connectivity index (χ2v) is 11.6. The maximum Gasteiger partial charge on any atom is 0.412 e. The molecule has 1 N–H and O–H groups in total. The summed E-state index contributed by atoms with van der Waals surface area (Å²) in [4.78, 5) is 3.57. The molecule has 1 heterocycles. The predicted octanol–water partition coefficient (Wildman–Crippen LogP) is 2.99. The van der Waals surface area contributed by atoms with Crippen molar-refractivity contribution in [1.29, 1.82) is 0 Å². The molecule has 5 nitrogen and oxygen atoms in total. The Morgan fingerprint density at radius 1 is 1.27 bits per heavy atom. The molecule has 0 aliphatic rings. The van der Waals surface area contributed by atoms with Crippen molar-refractivity contribution in [1.82, 2.24) is 20.1 Å². The highest BCUT2D eigenvalue weighted by Crippen LogP contribution is 2.36. The van der Waals surface area contributed by atoms with E-state index in [4.69, 9.17) is 4.43 Å². The summed E-state index contributed by atoms with van der Waals surface area (Å²) < 4.78 is 45.7. The number of alkyl halides is 3. The van der Waals surface area contributed by atoms with Gasteiger partial charge in [-0.15, -0.1) is 0 Å².